The number of likely N-dealkylation sites (N-methyl/N-ethyl adjacent to an activating group) is 1. The molecule has 3 heteroatoms. The summed E-state index contributed by atoms with van der Waals surface area (Å²) in [6.07, 6.45) is 0. The van der Waals surface area contributed by atoms with Gasteiger partial charge in [0.15, 0.2) is 0 Å². The van der Waals surface area contributed by atoms with Gasteiger partial charge < -0.3 is 10.4 Å². The Labute approximate surface area is 83.8 Å². The smallest absolute Gasteiger partial charge is 0.123 e. The second kappa shape index (κ2) is 4.07. The van der Waals surface area contributed by atoms with Crippen LogP contribution in [-0.2, 0) is 5.60 Å². The molecular weight excluding hydrogens is 181 g/mol. The molecule has 0 aliphatic rings. The molecule has 0 fully saturated rings. The first-order valence-electron chi connectivity index (χ1n) is 4.61. The minimum atomic E-state index is -0.952. The van der Waals surface area contributed by atoms with Gasteiger partial charge in [0.2, 0.25) is 0 Å². The van der Waals surface area contributed by atoms with Crippen molar-refractivity contribution in [2.75, 3.05) is 13.6 Å². The first-order valence-corrected chi connectivity index (χ1v) is 4.61. The van der Waals surface area contributed by atoms with Gasteiger partial charge in [-0.15, -0.1) is 0 Å². The average Bonchev–Trinajstić information content (AvgIpc) is 2.02. The van der Waals surface area contributed by atoms with E-state index in [0.29, 0.717) is 6.54 Å². The summed E-state index contributed by atoms with van der Waals surface area (Å²) in [5.41, 5.74) is 0.575. The molecule has 0 saturated heterocycles. The van der Waals surface area contributed by atoms with Crippen LogP contribution in [0, 0.1) is 12.7 Å². The zero-order valence-corrected chi connectivity index (χ0v) is 8.76. The lowest BCUT2D eigenvalue weighted by molar-refractivity contribution is 0.0584. The Morgan fingerprint density at radius 1 is 1.50 bits per heavy atom. The Bertz CT molecular complexity index is 323. The van der Waals surface area contributed by atoms with Crippen molar-refractivity contribution < 1.29 is 9.50 Å². The molecule has 0 bridgehead atoms. The zero-order valence-electron chi connectivity index (χ0n) is 8.76. The highest BCUT2D eigenvalue weighted by Crippen LogP contribution is 2.23. The Kier molecular flexibility index (Phi) is 3.24. The highest BCUT2D eigenvalue weighted by atomic mass is 19.1. The molecule has 14 heavy (non-hydrogen) atoms. The molecule has 1 rings (SSSR count). The first-order chi connectivity index (χ1) is 6.47. The third kappa shape index (κ3) is 2.30. The van der Waals surface area contributed by atoms with E-state index in [0.717, 1.165) is 11.1 Å². The number of aryl methyl sites for hydroxylation is 1. The molecule has 0 aromatic heterocycles. The molecule has 1 unspecified atom stereocenters. The van der Waals surface area contributed by atoms with E-state index in [1.807, 2.05) is 0 Å². The molecule has 0 spiro atoms. The third-order valence-corrected chi connectivity index (χ3v) is 2.29. The molecule has 0 heterocycles. The molecule has 0 aliphatic carbocycles. The molecule has 1 aromatic carbocycles. The van der Waals surface area contributed by atoms with Crippen LogP contribution < -0.4 is 5.32 Å². The molecule has 2 nitrogen and oxygen atoms in total. The fourth-order valence-corrected chi connectivity index (χ4v) is 1.67. The Hall–Kier alpha value is -0.930. The molecule has 0 amide bonds. The normalized spacial score (nSPS) is 15.2. The Morgan fingerprint density at radius 3 is 2.64 bits per heavy atom. The maximum absolute atomic E-state index is 12.8. The molecule has 1 aromatic rings. The van der Waals surface area contributed by atoms with Crippen molar-refractivity contribution in [3.8, 4) is 0 Å². The molecule has 1 atom stereocenters. The number of benzene rings is 1. The summed E-state index contributed by atoms with van der Waals surface area (Å²) < 4.78 is 12.8. The lowest BCUT2D eigenvalue weighted by Crippen LogP contribution is -2.34. The van der Waals surface area contributed by atoms with Crippen LogP contribution in [0.3, 0.4) is 0 Å². The topological polar surface area (TPSA) is 32.3 Å². The van der Waals surface area contributed by atoms with Gasteiger partial charge in [-0.1, -0.05) is 6.07 Å². The van der Waals surface area contributed by atoms with Crippen LogP contribution in [0.1, 0.15) is 18.1 Å². The van der Waals surface area contributed by atoms with Crippen LogP contribution in [0.15, 0.2) is 18.2 Å². The third-order valence-electron chi connectivity index (χ3n) is 2.29. The first kappa shape index (κ1) is 11.1. The lowest BCUT2D eigenvalue weighted by atomic mass is 9.92. The van der Waals surface area contributed by atoms with Crippen LogP contribution >= 0.6 is 0 Å². The zero-order chi connectivity index (χ0) is 10.8. The van der Waals surface area contributed by atoms with E-state index in [-0.39, 0.29) is 5.82 Å². The largest absolute Gasteiger partial charge is 0.384 e. The molecule has 0 aliphatic heterocycles. The van der Waals surface area contributed by atoms with Gasteiger partial charge in [-0.05, 0) is 44.2 Å². The summed E-state index contributed by atoms with van der Waals surface area (Å²) in [6, 6.07) is 4.42. The van der Waals surface area contributed by atoms with Crippen LogP contribution in [0.25, 0.3) is 0 Å². The fraction of sp³-hybridized carbons (Fsp3) is 0.455. The van der Waals surface area contributed by atoms with Crippen molar-refractivity contribution in [2.24, 2.45) is 0 Å². The highest BCUT2D eigenvalue weighted by Gasteiger charge is 2.23. The summed E-state index contributed by atoms with van der Waals surface area (Å²) in [6.45, 7) is 3.95. The van der Waals surface area contributed by atoms with E-state index in [2.05, 4.69) is 5.32 Å². The quantitative estimate of drug-likeness (QED) is 0.770. The molecule has 78 valence electrons. The van der Waals surface area contributed by atoms with Gasteiger partial charge in [0.25, 0.3) is 0 Å². The highest BCUT2D eigenvalue weighted by molar-refractivity contribution is 5.31. The second-order valence-electron chi connectivity index (χ2n) is 3.76. The number of hydrogen-bond acceptors (Lipinski definition) is 2. The van der Waals surface area contributed by atoms with Gasteiger partial charge >= 0.3 is 0 Å². The van der Waals surface area contributed by atoms with E-state index in [9.17, 15) is 9.50 Å². The van der Waals surface area contributed by atoms with E-state index in [1.165, 1.54) is 12.1 Å². The number of hydrogen-bond donors (Lipinski definition) is 2. The predicted octanol–water partition coefficient (Wildman–Crippen LogP) is 1.56. The predicted molar refractivity (Wildman–Crippen MR) is 54.6 cm³/mol. The monoisotopic (exact) mass is 197 g/mol. The van der Waals surface area contributed by atoms with E-state index < -0.39 is 5.60 Å². The molecule has 2 N–H and O–H groups in total. The summed E-state index contributed by atoms with van der Waals surface area (Å²) in [7, 11) is 1.77. The molecular formula is C11H16FNO. The van der Waals surface area contributed by atoms with Gasteiger partial charge in [0.05, 0.1) is 5.60 Å². The van der Waals surface area contributed by atoms with Crippen LogP contribution in [0.2, 0.25) is 0 Å². The number of aliphatic hydroxyl groups is 1. The number of halogens is 1. The summed E-state index contributed by atoms with van der Waals surface area (Å²) in [5, 5.41) is 13.0. The van der Waals surface area contributed by atoms with Crippen molar-refractivity contribution in [1.82, 2.24) is 5.32 Å². The maximum atomic E-state index is 12.8. The minimum Gasteiger partial charge on any atom is -0.384 e. The number of rotatable bonds is 3. The number of nitrogens with one attached hydrogen (secondary N) is 1. The standard InChI is InChI=1S/C11H16FNO/c1-8-6-9(12)4-5-10(8)11(2,14)7-13-3/h4-6,13-14H,7H2,1-3H3. The lowest BCUT2D eigenvalue weighted by Gasteiger charge is -2.25. The van der Waals surface area contributed by atoms with Crippen molar-refractivity contribution in [1.29, 1.82) is 0 Å². The van der Waals surface area contributed by atoms with Gasteiger partial charge in [-0.3, -0.25) is 0 Å². The molecule has 0 radical (unpaired) electrons. The summed E-state index contributed by atoms with van der Waals surface area (Å²) in [4.78, 5) is 0. The van der Waals surface area contributed by atoms with Crippen molar-refractivity contribution in [3.63, 3.8) is 0 Å². The SMILES string of the molecule is CNCC(C)(O)c1ccc(F)cc1C. The van der Waals surface area contributed by atoms with E-state index in [1.54, 1.807) is 27.0 Å². The van der Waals surface area contributed by atoms with Gasteiger partial charge in [-0.2, -0.15) is 0 Å². The maximum Gasteiger partial charge on any atom is 0.123 e. The minimum absolute atomic E-state index is 0.272. The van der Waals surface area contributed by atoms with Crippen molar-refractivity contribution in [3.05, 3.63) is 35.1 Å². The van der Waals surface area contributed by atoms with Crippen molar-refractivity contribution in [2.45, 2.75) is 19.4 Å². The van der Waals surface area contributed by atoms with Gasteiger partial charge in [-0.25, -0.2) is 4.39 Å². The van der Waals surface area contributed by atoms with Crippen LogP contribution in [0.4, 0.5) is 4.39 Å². The van der Waals surface area contributed by atoms with E-state index >= 15 is 0 Å². The fourth-order valence-electron chi connectivity index (χ4n) is 1.67. The summed E-state index contributed by atoms with van der Waals surface area (Å²) in [5.74, 6) is -0.272. The van der Waals surface area contributed by atoms with Gasteiger partial charge in [0.1, 0.15) is 5.82 Å². The van der Waals surface area contributed by atoms with Crippen LogP contribution in [0.5, 0.6) is 0 Å². The van der Waals surface area contributed by atoms with Gasteiger partial charge in [0, 0.05) is 6.54 Å². The Morgan fingerprint density at radius 2 is 2.14 bits per heavy atom. The van der Waals surface area contributed by atoms with Crippen LogP contribution in [-0.4, -0.2) is 18.7 Å². The average molecular weight is 197 g/mol. The molecule has 0 saturated carbocycles. The van der Waals surface area contributed by atoms with E-state index in [4.69, 9.17) is 0 Å². The second-order valence-corrected chi connectivity index (χ2v) is 3.76. The Balaban J connectivity index is 3.06. The summed E-state index contributed by atoms with van der Waals surface area (Å²) >= 11 is 0. The van der Waals surface area contributed by atoms with Crippen molar-refractivity contribution >= 4 is 0 Å².